The summed E-state index contributed by atoms with van der Waals surface area (Å²) in [6.45, 7) is 13.0. The molecule has 0 radical (unpaired) electrons. The summed E-state index contributed by atoms with van der Waals surface area (Å²) in [5, 5.41) is 8.46. The molecular formula is C22H24N4O. The number of benzene rings is 1. The van der Waals surface area contributed by atoms with Gasteiger partial charge in [-0.05, 0) is 55.0 Å². The normalized spacial score (nSPS) is 13.0. The number of nitrogens with zero attached hydrogens (tertiary/aromatic N) is 4. The van der Waals surface area contributed by atoms with Gasteiger partial charge in [0.25, 0.3) is 0 Å². The molecule has 5 heteroatoms. The van der Waals surface area contributed by atoms with Crippen molar-refractivity contribution < 1.29 is 4.74 Å². The van der Waals surface area contributed by atoms with Crippen LogP contribution in [0, 0.1) is 20.8 Å². The molecule has 0 N–H and O–H groups in total. The molecule has 5 nitrogen and oxygen atoms in total. The van der Waals surface area contributed by atoms with Crippen molar-refractivity contribution in [1.29, 1.82) is 0 Å². The van der Waals surface area contributed by atoms with Crippen LogP contribution < -0.4 is 9.64 Å². The van der Waals surface area contributed by atoms with Crippen molar-refractivity contribution in [2.45, 2.75) is 47.0 Å². The third-order valence-electron chi connectivity index (χ3n) is 4.88. The van der Waals surface area contributed by atoms with Gasteiger partial charge in [-0.15, -0.1) is 5.10 Å². The van der Waals surface area contributed by atoms with E-state index in [1.807, 2.05) is 25.1 Å². The first-order chi connectivity index (χ1) is 12.8. The van der Waals surface area contributed by atoms with Crippen LogP contribution in [0.4, 0.5) is 17.2 Å². The number of pyridine rings is 1. The molecule has 0 atom stereocenters. The molecule has 0 aliphatic carbocycles. The van der Waals surface area contributed by atoms with Crippen molar-refractivity contribution in [1.82, 2.24) is 15.2 Å². The Morgan fingerprint density at radius 2 is 1.67 bits per heavy atom. The fourth-order valence-corrected chi connectivity index (χ4v) is 3.50. The summed E-state index contributed by atoms with van der Waals surface area (Å²) < 4.78 is 6.01. The maximum atomic E-state index is 6.01. The van der Waals surface area contributed by atoms with Crippen LogP contribution in [0.1, 0.15) is 43.2 Å². The zero-order chi connectivity index (χ0) is 19.3. The summed E-state index contributed by atoms with van der Waals surface area (Å²) in [5.41, 5.74) is 6.66. The van der Waals surface area contributed by atoms with Gasteiger partial charge in [0.2, 0.25) is 11.7 Å². The molecule has 1 aromatic carbocycles. The molecule has 3 aromatic rings. The molecule has 0 fully saturated rings. The third-order valence-corrected chi connectivity index (χ3v) is 4.88. The van der Waals surface area contributed by atoms with Gasteiger partial charge in [0.05, 0.1) is 11.9 Å². The zero-order valence-corrected chi connectivity index (χ0v) is 16.7. The summed E-state index contributed by atoms with van der Waals surface area (Å²) in [5.74, 6) is 1.94. The van der Waals surface area contributed by atoms with Crippen LogP contribution in [0.5, 0.6) is 11.6 Å². The van der Waals surface area contributed by atoms with Gasteiger partial charge in [0.1, 0.15) is 5.69 Å². The van der Waals surface area contributed by atoms with Gasteiger partial charge in [-0.25, -0.2) is 4.98 Å². The first kappa shape index (κ1) is 17.5. The van der Waals surface area contributed by atoms with Crippen molar-refractivity contribution in [2.24, 2.45) is 0 Å². The van der Waals surface area contributed by atoms with Gasteiger partial charge in [-0.3, -0.25) is 4.90 Å². The monoisotopic (exact) mass is 360 g/mol. The van der Waals surface area contributed by atoms with Crippen LogP contribution in [0.25, 0.3) is 0 Å². The van der Waals surface area contributed by atoms with Gasteiger partial charge in [-0.2, -0.15) is 5.10 Å². The topological polar surface area (TPSA) is 51.1 Å². The second-order valence-electron chi connectivity index (χ2n) is 8.14. The van der Waals surface area contributed by atoms with E-state index < -0.39 is 0 Å². The minimum absolute atomic E-state index is 0.0906. The molecule has 4 rings (SSSR count). The fourth-order valence-electron chi connectivity index (χ4n) is 3.50. The van der Waals surface area contributed by atoms with Crippen molar-refractivity contribution in [3.8, 4) is 11.6 Å². The highest BCUT2D eigenvalue weighted by molar-refractivity contribution is 5.85. The fraction of sp³-hybridized carbons (Fsp3) is 0.318. The molecule has 2 aromatic heterocycles. The second kappa shape index (κ2) is 6.05. The maximum absolute atomic E-state index is 6.01. The summed E-state index contributed by atoms with van der Waals surface area (Å²) >= 11 is 0. The molecule has 1 aliphatic rings. The highest BCUT2D eigenvalue weighted by Crippen LogP contribution is 2.50. The SMILES string of the molecule is Cc1ccc2c(n1)Oc1ccnnc1N2c1c(C)cc(C(C)(C)C)cc1C. The molecule has 27 heavy (non-hydrogen) atoms. The van der Waals surface area contributed by atoms with Crippen LogP contribution in [-0.4, -0.2) is 15.2 Å². The number of rotatable bonds is 1. The summed E-state index contributed by atoms with van der Waals surface area (Å²) in [4.78, 5) is 6.71. The van der Waals surface area contributed by atoms with Gasteiger partial charge in [-0.1, -0.05) is 32.9 Å². The lowest BCUT2D eigenvalue weighted by Gasteiger charge is -2.33. The molecule has 0 bridgehead atoms. The van der Waals surface area contributed by atoms with E-state index in [1.54, 1.807) is 6.20 Å². The predicted molar refractivity (Wildman–Crippen MR) is 107 cm³/mol. The van der Waals surface area contributed by atoms with E-state index >= 15 is 0 Å². The lowest BCUT2D eigenvalue weighted by molar-refractivity contribution is 0.451. The number of hydrogen-bond acceptors (Lipinski definition) is 5. The minimum atomic E-state index is 0.0906. The highest BCUT2D eigenvalue weighted by atomic mass is 16.5. The smallest absolute Gasteiger partial charge is 0.244 e. The maximum Gasteiger partial charge on any atom is 0.244 e. The van der Waals surface area contributed by atoms with Crippen molar-refractivity contribution >= 4 is 17.2 Å². The van der Waals surface area contributed by atoms with E-state index in [0.29, 0.717) is 17.4 Å². The van der Waals surface area contributed by atoms with Gasteiger partial charge < -0.3 is 4.74 Å². The summed E-state index contributed by atoms with van der Waals surface area (Å²) in [6, 6.07) is 10.4. The summed E-state index contributed by atoms with van der Waals surface area (Å²) in [6.07, 6.45) is 1.64. The van der Waals surface area contributed by atoms with Crippen molar-refractivity contribution in [2.75, 3.05) is 4.90 Å². The molecule has 1 aliphatic heterocycles. The molecule has 0 unspecified atom stereocenters. The molecule has 0 saturated carbocycles. The highest BCUT2D eigenvalue weighted by Gasteiger charge is 2.31. The van der Waals surface area contributed by atoms with E-state index in [1.165, 1.54) is 16.7 Å². The van der Waals surface area contributed by atoms with E-state index in [9.17, 15) is 0 Å². The Bertz CT molecular complexity index is 1010. The number of hydrogen-bond donors (Lipinski definition) is 0. The average Bonchev–Trinajstić information content (AvgIpc) is 2.59. The van der Waals surface area contributed by atoms with Crippen molar-refractivity contribution in [3.05, 3.63) is 58.9 Å². The number of anilines is 3. The third kappa shape index (κ3) is 2.93. The lowest BCUT2D eigenvalue weighted by Crippen LogP contribution is -2.21. The molecule has 138 valence electrons. The number of ether oxygens (including phenoxy) is 1. The minimum Gasteiger partial charge on any atom is -0.433 e. The molecular weight excluding hydrogens is 336 g/mol. The lowest BCUT2D eigenvalue weighted by atomic mass is 9.84. The van der Waals surface area contributed by atoms with Crippen LogP contribution in [0.2, 0.25) is 0 Å². The number of fused-ring (bicyclic) bond motifs is 2. The Morgan fingerprint density at radius 3 is 2.33 bits per heavy atom. The van der Waals surface area contributed by atoms with Crippen molar-refractivity contribution in [3.63, 3.8) is 0 Å². The van der Waals surface area contributed by atoms with Crippen LogP contribution in [0.3, 0.4) is 0 Å². The molecule has 0 saturated heterocycles. The average molecular weight is 360 g/mol. The van der Waals surface area contributed by atoms with Gasteiger partial charge in [0, 0.05) is 11.8 Å². The Hall–Kier alpha value is -2.95. The quantitative estimate of drug-likeness (QED) is 0.438. The first-order valence-corrected chi connectivity index (χ1v) is 9.15. The van der Waals surface area contributed by atoms with Gasteiger partial charge in [0.15, 0.2) is 5.75 Å². The van der Waals surface area contributed by atoms with E-state index in [4.69, 9.17) is 4.74 Å². The summed E-state index contributed by atoms with van der Waals surface area (Å²) in [7, 11) is 0. The molecule has 3 heterocycles. The zero-order valence-electron chi connectivity index (χ0n) is 16.7. The Kier molecular flexibility index (Phi) is 3.91. The van der Waals surface area contributed by atoms with E-state index in [-0.39, 0.29) is 5.41 Å². The first-order valence-electron chi connectivity index (χ1n) is 9.15. The Balaban J connectivity index is 1.97. The molecule has 0 amide bonds. The van der Waals surface area contributed by atoms with Crippen LogP contribution in [-0.2, 0) is 5.41 Å². The second-order valence-corrected chi connectivity index (χ2v) is 8.14. The van der Waals surface area contributed by atoms with Gasteiger partial charge >= 0.3 is 0 Å². The van der Waals surface area contributed by atoms with Crippen LogP contribution in [0.15, 0.2) is 36.5 Å². The van der Waals surface area contributed by atoms with Crippen LogP contribution >= 0.6 is 0 Å². The number of aromatic nitrogens is 3. The predicted octanol–water partition coefficient (Wildman–Crippen LogP) is 5.67. The Labute approximate surface area is 160 Å². The largest absolute Gasteiger partial charge is 0.433 e. The standard InChI is InChI=1S/C22H24N4O/c1-13-11-16(22(4,5)6)12-14(2)19(13)26-17-8-7-15(3)24-21(17)27-18-9-10-23-25-20(18)26/h7-12H,1-6H3. The molecule has 0 spiro atoms. The number of aryl methyl sites for hydroxylation is 3. The van der Waals surface area contributed by atoms with E-state index in [0.717, 1.165) is 17.1 Å². The van der Waals surface area contributed by atoms with E-state index in [2.05, 4.69) is 66.8 Å². The Morgan fingerprint density at radius 1 is 0.963 bits per heavy atom.